The molecular weight excluding hydrogens is 348 g/mol. The van der Waals surface area contributed by atoms with E-state index in [0.29, 0.717) is 17.9 Å². The van der Waals surface area contributed by atoms with Crippen molar-refractivity contribution in [3.05, 3.63) is 52.8 Å². The SMILES string of the molecule is Cc1ccccc1[C@H]1[C@@H]2CN(C(=O)c3cnn(C)c3C)C[C@@H]2CN1C.Cl. The lowest BCUT2D eigenvalue weighted by Gasteiger charge is -2.28. The van der Waals surface area contributed by atoms with Crippen LogP contribution in [0.5, 0.6) is 0 Å². The second-order valence-electron chi connectivity index (χ2n) is 7.64. The number of carbonyl (C=O) groups is 1. The maximum atomic E-state index is 13.0. The van der Waals surface area contributed by atoms with E-state index in [9.17, 15) is 4.79 Å². The van der Waals surface area contributed by atoms with Crippen LogP contribution in [0.2, 0.25) is 0 Å². The van der Waals surface area contributed by atoms with Crippen molar-refractivity contribution in [1.29, 1.82) is 0 Å². The third-order valence-electron chi connectivity index (χ3n) is 6.15. The largest absolute Gasteiger partial charge is 0.338 e. The Morgan fingerprint density at radius 1 is 1.12 bits per heavy atom. The normalized spacial score (nSPS) is 25.2. The predicted molar refractivity (Wildman–Crippen MR) is 105 cm³/mol. The number of aromatic nitrogens is 2. The molecule has 1 aromatic heterocycles. The van der Waals surface area contributed by atoms with Crippen LogP contribution in [0, 0.1) is 25.7 Å². The van der Waals surface area contributed by atoms with Crippen molar-refractivity contribution in [2.24, 2.45) is 18.9 Å². The van der Waals surface area contributed by atoms with Gasteiger partial charge in [0.25, 0.3) is 5.91 Å². The molecule has 26 heavy (non-hydrogen) atoms. The molecule has 0 radical (unpaired) electrons. The van der Waals surface area contributed by atoms with Crippen molar-refractivity contribution in [3.63, 3.8) is 0 Å². The molecule has 0 spiro atoms. The fourth-order valence-corrected chi connectivity index (χ4v) is 4.69. The number of benzene rings is 1. The van der Waals surface area contributed by atoms with Gasteiger partial charge in [0.1, 0.15) is 0 Å². The van der Waals surface area contributed by atoms with Crippen LogP contribution >= 0.6 is 12.4 Å². The summed E-state index contributed by atoms with van der Waals surface area (Å²) in [6.07, 6.45) is 1.71. The molecule has 2 aliphatic rings. The molecule has 0 N–H and O–H groups in total. The Bertz CT molecular complexity index is 818. The average Bonchev–Trinajstić information content (AvgIpc) is 3.22. The maximum absolute atomic E-state index is 13.0. The molecule has 1 aromatic carbocycles. The minimum atomic E-state index is 0. The van der Waals surface area contributed by atoms with E-state index < -0.39 is 0 Å². The fourth-order valence-electron chi connectivity index (χ4n) is 4.69. The minimum Gasteiger partial charge on any atom is -0.338 e. The topological polar surface area (TPSA) is 41.4 Å². The van der Waals surface area contributed by atoms with E-state index in [-0.39, 0.29) is 18.3 Å². The molecule has 2 fully saturated rings. The number of fused-ring (bicyclic) bond motifs is 1. The lowest BCUT2D eigenvalue weighted by molar-refractivity contribution is 0.0767. The Labute approximate surface area is 161 Å². The zero-order chi connectivity index (χ0) is 17.7. The number of hydrogen-bond donors (Lipinski definition) is 0. The van der Waals surface area contributed by atoms with E-state index in [1.807, 2.05) is 18.9 Å². The molecule has 1 amide bonds. The van der Waals surface area contributed by atoms with Crippen molar-refractivity contribution in [2.45, 2.75) is 19.9 Å². The molecule has 0 unspecified atom stereocenters. The first kappa shape index (κ1) is 18.9. The third kappa shape index (κ3) is 2.93. The van der Waals surface area contributed by atoms with Crippen LogP contribution in [0.15, 0.2) is 30.5 Å². The number of halogens is 1. The van der Waals surface area contributed by atoms with Gasteiger partial charge in [-0.15, -0.1) is 12.4 Å². The van der Waals surface area contributed by atoms with Gasteiger partial charge in [-0.3, -0.25) is 14.4 Å². The smallest absolute Gasteiger partial charge is 0.257 e. The molecule has 4 rings (SSSR count). The van der Waals surface area contributed by atoms with Gasteiger partial charge in [-0.1, -0.05) is 24.3 Å². The van der Waals surface area contributed by atoms with Crippen LogP contribution in [0.3, 0.4) is 0 Å². The fraction of sp³-hybridized carbons (Fsp3) is 0.500. The first-order valence-corrected chi connectivity index (χ1v) is 9.01. The summed E-state index contributed by atoms with van der Waals surface area (Å²) >= 11 is 0. The summed E-state index contributed by atoms with van der Waals surface area (Å²) < 4.78 is 1.77. The molecule has 5 nitrogen and oxygen atoms in total. The molecular formula is C20H27ClN4O. The van der Waals surface area contributed by atoms with Crippen LogP contribution in [-0.4, -0.2) is 52.2 Å². The Morgan fingerprint density at radius 2 is 1.85 bits per heavy atom. The monoisotopic (exact) mass is 374 g/mol. The van der Waals surface area contributed by atoms with Gasteiger partial charge < -0.3 is 4.90 Å². The van der Waals surface area contributed by atoms with Gasteiger partial charge in [-0.2, -0.15) is 5.10 Å². The zero-order valence-corrected chi connectivity index (χ0v) is 16.7. The van der Waals surface area contributed by atoms with E-state index in [1.54, 1.807) is 10.9 Å². The third-order valence-corrected chi connectivity index (χ3v) is 6.15. The molecule has 0 saturated carbocycles. The molecule has 6 heteroatoms. The van der Waals surface area contributed by atoms with Crippen LogP contribution in [-0.2, 0) is 7.05 Å². The maximum Gasteiger partial charge on any atom is 0.257 e. The van der Waals surface area contributed by atoms with Crippen molar-refractivity contribution < 1.29 is 4.79 Å². The van der Waals surface area contributed by atoms with Gasteiger partial charge in [0.15, 0.2) is 0 Å². The summed E-state index contributed by atoms with van der Waals surface area (Å²) in [6, 6.07) is 9.06. The lowest BCUT2D eigenvalue weighted by Crippen LogP contribution is -2.33. The Morgan fingerprint density at radius 3 is 2.50 bits per heavy atom. The van der Waals surface area contributed by atoms with E-state index in [2.05, 4.69) is 48.2 Å². The highest BCUT2D eigenvalue weighted by Gasteiger charge is 2.47. The molecule has 3 heterocycles. The molecule has 0 aliphatic carbocycles. The van der Waals surface area contributed by atoms with Gasteiger partial charge in [0.2, 0.25) is 0 Å². The second kappa shape index (κ2) is 7.05. The van der Waals surface area contributed by atoms with Crippen molar-refractivity contribution in [2.75, 3.05) is 26.7 Å². The summed E-state index contributed by atoms with van der Waals surface area (Å²) in [4.78, 5) is 17.5. The highest BCUT2D eigenvalue weighted by Crippen LogP contribution is 2.45. The van der Waals surface area contributed by atoms with Gasteiger partial charge >= 0.3 is 0 Å². The second-order valence-corrected chi connectivity index (χ2v) is 7.64. The highest BCUT2D eigenvalue weighted by molar-refractivity contribution is 5.95. The summed E-state index contributed by atoms with van der Waals surface area (Å²) in [6.45, 7) is 6.89. The molecule has 0 bridgehead atoms. The van der Waals surface area contributed by atoms with Gasteiger partial charge in [0.05, 0.1) is 11.8 Å². The molecule has 2 saturated heterocycles. The zero-order valence-electron chi connectivity index (χ0n) is 15.8. The van der Waals surface area contributed by atoms with Gasteiger partial charge in [-0.25, -0.2) is 0 Å². The van der Waals surface area contributed by atoms with Crippen LogP contribution in [0.25, 0.3) is 0 Å². The summed E-state index contributed by atoms with van der Waals surface area (Å²) in [5.41, 5.74) is 4.43. The highest BCUT2D eigenvalue weighted by atomic mass is 35.5. The average molecular weight is 375 g/mol. The first-order chi connectivity index (χ1) is 12.0. The van der Waals surface area contributed by atoms with E-state index in [4.69, 9.17) is 0 Å². The Balaban J connectivity index is 0.00000196. The molecule has 3 atom stereocenters. The lowest BCUT2D eigenvalue weighted by atomic mass is 9.88. The quantitative estimate of drug-likeness (QED) is 0.811. The number of amides is 1. The van der Waals surface area contributed by atoms with Gasteiger partial charge in [0, 0.05) is 44.3 Å². The first-order valence-electron chi connectivity index (χ1n) is 9.01. The Hall–Kier alpha value is -1.85. The van der Waals surface area contributed by atoms with Crippen LogP contribution in [0.4, 0.5) is 0 Å². The van der Waals surface area contributed by atoms with E-state index in [1.165, 1.54) is 11.1 Å². The van der Waals surface area contributed by atoms with Crippen LogP contribution < -0.4 is 0 Å². The summed E-state index contributed by atoms with van der Waals surface area (Å²) in [7, 11) is 4.10. The summed E-state index contributed by atoms with van der Waals surface area (Å²) in [5.74, 6) is 1.19. The number of rotatable bonds is 2. The molecule has 2 aliphatic heterocycles. The predicted octanol–water partition coefficient (Wildman–Crippen LogP) is 2.83. The number of likely N-dealkylation sites (tertiary alicyclic amines) is 2. The number of aryl methyl sites for hydroxylation is 2. The van der Waals surface area contributed by atoms with E-state index >= 15 is 0 Å². The summed E-state index contributed by atoms with van der Waals surface area (Å²) in [5, 5.41) is 4.23. The van der Waals surface area contributed by atoms with Gasteiger partial charge in [-0.05, 0) is 37.9 Å². The Kier molecular flexibility index (Phi) is 5.13. The number of hydrogen-bond acceptors (Lipinski definition) is 3. The van der Waals surface area contributed by atoms with Crippen molar-refractivity contribution in [3.8, 4) is 0 Å². The standard InChI is InChI=1S/C20H26N4O.ClH/c1-13-7-5-6-8-16(13)19-18-12-24(11-15(18)10-22(19)3)20(25)17-9-21-23(4)14(17)2;/h5-9,15,18-19H,10-12H2,1-4H3;1H/t15-,18+,19-;/m0./s1. The van der Waals surface area contributed by atoms with Crippen LogP contribution in [0.1, 0.15) is 33.2 Å². The van der Waals surface area contributed by atoms with Crippen molar-refractivity contribution in [1.82, 2.24) is 19.6 Å². The number of carbonyl (C=O) groups excluding carboxylic acids is 1. The van der Waals surface area contributed by atoms with E-state index in [0.717, 1.165) is 30.9 Å². The number of nitrogens with zero attached hydrogens (tertiary/aromatic N) is 4. The van der Waals surface area contributed by atoms with Crippen molar-refractivity contribution >= 4 is 18.3 Å². The molecule has 2 aromatic rings. The molecule has 140 valence electrons. The minimum absolute atomic E-state index is 0.